The second-order valence-electron chi connectivity index (χ2n) is 10.7. The molecule has 0 amide bonds. The lowest BCUT2D eigenvalue weighted by Gasteiger charge is -2.23. The standard InChI is InChI=1S/C26H37N3O4S2/c1-25(2,3)21-11-10-19(20(14-21)17-33-23(30)26(4,5)6)16-28-24(34)27-15-18-8-12-22(13-9-18)29-35(7,31)32/h8-14,29H,15-17H2,1-7H3,(H2,27,28,34). The van der Waals surface area contributed by atoms with Crippen molar-refractivity contribution in [2.24, 2.45) is 5.41 Å². The molecule has 0 spiro atoms. The first-order chi connectivity index (χ1) is 16.0. The van der Waals surface area contributed by atoms with Gasteiger partial charge in [0.25, 0.3) is 0 Å². The first-order valence-corrected chi connectivity index (χ1v) is 13.7. The predicted molar refractivity (Wildman–Crippen MR) is 146 cm³/mol. The summed E-state index contributed by atoms with van der Waals surface area (Å²) >= 11 is 5.43. The van der Waals surface area contributed by atoms with E-state index in [1.807, 2.05) is 39.0 Å². The molecule has 0 radical (unpaired) electrons. The molecule has 0 aliphatic rings. The van der Waals surface area contributed by atoms with Crippen molar-refractivity contribution in [2.75, 3.05) is 11.0 Å². The molecular formula is C26H37N3O4S2. The largest absolute Gasteiger partial charge is 0.460 e. The Balaban J connectivity index is 2.00. The predicted octanol–water partition coefficient (Wildman–Crippen LogP) is 4.61. The first-order valence-electron chi connectivity index (χ1n) is 11.4. The minimum absolute atomic E-state index is 0.0298. The van der Waals surface area contributed by atoms with Crippen LogP contribution in [0.5, 0.6) is 0 Å². The highest BCUT2D eigenvalue weighted by atomic mass is 32.2. The molecular weight excluding hydrogens is 482 g/mol. The summed E-state index contributed by atoms with van der Waals surface area (Å²) in [4.78, 5) is 12.3. The van der Waals surface area contributed by atoms with Crippen LogP contribution in [0.25, 0.3) is 0 Å². The molecule has 9 heteroatoms. The van der Waals surface area contributed by atoms with E-state index in [0.717, 1.165) is 28.5 Å². The van der Waals surface area contributed by atoms with Crippen molar-refractivity contribution in [1.29, 1.82) is 0 Å². The molecule has 2 aromatic carbocycles. The van der Waals surface area contributed by atoms with Gasteiger partial charge in [-0.3, -0.25) is 9.52 Å². The van der Waals surface area contributed by atoms with Crippen LogP contribution in [0.15, 0.2) is 42.5 Å². The Labute approximate surface area is 215 Å². The van der Waals surface area contributed by atoms with Crippen LogP contribution in [0.4, 0.5) is 5.69 Å². The van der Waals surface area contributed by atoms with E-state index in [4.69, 9.17) is 17.0 Å². The zero-order valence-corrected chi connectivity index (χ0v) is 23.2. The lowest BCUT2D eigenvalue weighted by Crippen LogP contribution is -2.34. The van der Waals surface area contributed by atoms with Gasteiger partial charge >= 0.3 is 5.97 Å². The summed E-state index contributed by atoms with van der Waals surface area (Å²) in [7, 11) is -3.30. The Morgan fingerprint density at radius 1 is 0.914 bits per heavy atom. The van der Waals surface area contributed by atoms with Gasteiger partial charge in [-0.15, -0.1) is 0 Å². The number of esters is 1. The third kappa shape index (κ3) is 9.85. The summed E-state index contributed by atoms with van der Waals surface area (Å²) in [6.07, 6.45) is 1.11. The quantitative estimate of drug-likeness (QED) is 0.346. The molecule has 3 N–H and O–H groups in total. The van der Waals surface area contributed by atoms with Gasteiger partial charge in [0, 0.05) is 18.8 Å². The maximum Gasteiger partial charge on any atom is 0.311 e. The molecule has 0 fully saturated rings. The van der Waals surface area contributed by atoms with Gasteiger partial charge in [0.05, 0.1) is 11.7 Å². The SMILES string of the molecule is CC(C)(C)C(=O)OCc1cc(C(C)(C)C)ccc1CNC(=S)NCc1ccc(NS(C)(=O)=O)cc1. The maximum absolute atomic E-state index is 12.3. The summed E-state index contributed by atoms with van der Waals surface area (Å²) in [5.41, 5.74) is 3.98. The van der Waals surface area contributed by atoms with Gasteiger partial charge in [-0.05, 0) is 72.8 Å². The van der Waals surface area contributed by atoms with Crippen LogP contribution in [0.2, 0.25) is 0 Å². The third-order valence-electron chi connectivity index (χ3n) is 5.19. The van der Waals surface area contributed by atoms with Crippen LogP contribution in [0.1, 0.15) is 63.8 Å². The van der Waals surface area contributed by atoms with Crippen molar-refractivity contribution >= 4 is 39.0 Å². The average molecular weight is 520 g/mol. The summed E-state index contributed by atoms with van der Waals surface area (Å²) in [5, 5.41) is 6.86. The minimum atomic E-state index is -3.30. The number of hydrogen-bond acceptors (Lipinski definition) is 5. The fourth-order valence-corrected chi connectivity index (χ4v) is 3.79. The Bertz CT molecular complexity index is 1150. The van der Waals surface area contributed by atoms with Gasteiger partial charge < -0.3 is 15.4 Å². The highest BCUT2D eigenvalue weighted by molar-refractivity contribution is 7.92. The summed E-state index contributed by atoms with van der Waals surface area (Å²) in [5.74, 6) is -0.243. The van der Waals surface area contributed by atoms with E-state index in [0.29, 0.717) is 23.9 Å². The molecule has 0 atom stereocenters. The number of sulfonamides is 1. The number of hydrogen-bond donors (Lipinski definition) is 3. The smallest absolute Gasteiger partial charge is 0.311 e. The topological polar surface area (TPSA) is 96.5 Å². The van der Waals surface area contributed by atoms with E-state index in [-0.39, 0.29) is 18.0 Å². The van der Waals surface area contributed by atoms with Crippen LogP contribution in [0, 0.1) is 5.41 Å². The molecule has 192 valence electrons. The monoisotopic (exact) mass is 519 g/mol. The third-order valence-corrected chi connectivity index (χ3v) is 6.09. The highest BCUT2D eigenvalue weighted by Crippen LogP contribution is 2.26. The Morgan fingerprint density at radius 2 is 1.51 bits per heavy atom. The number of carbonyl (C=O) groups is 1. The van der Waals surface area contributed by atoms with Crippen molar-refractivity contribution in [2.45, 2.75) is 66.7 Å². The van der Waals surface area contributed by atoms with Crippen molar-refractivity contribution in [3.8, 4) is 0 Å². The molecule has 2 rings (SSSR count). The number of rotatable bonds is 8. The molecule has 35 heavy (non-hydrogen) atoms. The van der Waals surface area contributed by atoms with Gasteiger partial charge in [-0.1, -0.05) is 51.1 Å². The number of carbonyl (C=O) groups excluding carboxylic acids is 1. The molecule has 0 unspecified atom stereocenters. The van der Waals surface area contributed by atoms with Gasteiger partial charge in [-0.25, -0.2) is 8.42 Å². The van der Waals surface area contributed by atoms with E-state index >= 15 is 0 Å². The van der Waals surface area contributed by atoms with Crippen LogP contribution in [0.3, 0.4) is 0 Å². The normalized spacial score (nSPS) is 12.1. The first kappa shape index (κ1) is 28.6. The van der Waals surface area contributed by atoms with Crippen LogP contribution < -0.4 is 15.4 Å². The number of anilines is 1. The molecule has 0 bridgehead atoms. The van der Waals surface area contributed by atoms with Gasteiger partial charge in [0.15, 0.2) is 5.11 Å². The average Bonchev–Trinajstić information content (AvgIpc) is 2.73. The van der Waals surface area contributed by atoms with Gasteiger partial charge in [-0.2, -0.15) is 0 Å². The van der Waals surface area contributed by atoms with Crippen LogP contribution in [-0.2, 0) is 44.7 Å². The molecule has 0 saturated heterocycles. The van der Waals surface area contributed by atoms with E-state index in [2.05, 4.69) is 48.3 Å². The Hall–Kier alpha value is -2.65. The van der Waals surface area contributed by atoms with Crippen molar-refractivity contribution in [3.05, 3.63) is 64.7 Å². The summed E-state index contributed by atoms with van der Waals surface area (Å²) in [6, 6.07) is 13.3. The van der Waals surface area contributed by atoms with Crippen LogP contribution in [-0.4, -0.2) is 25.8 Å². The minimum Gasteiger partial charge on any atom is -0.460 e. The molecule has 0 heterocycles. The number of benzene rings is 2. The van der Waals surface area contributed by atoms with Crippen molar-refractivity contribution < 1.29 is 17.9 Å². The second-order valence-corrected chi connectivity index (χ2v) is 12.8. The summed E-state index contributed by atoms with van der Waals surface area (Å²) < 4.78 is 30.7. The lowest BCUT2D eigenvalue weighted by molar-refractivity contribution is -0.154. The maximum atomic E-state index is 12.3. The van der Waals surface area contributed by atoms with E-state index in [1.165, 1.54) is 0 Å². The lowest BCUT2D eigenvalue weighted by atomic mass is 9.85. The molecule has 0 aliphatic heterocycles. The highest BCUT2D eigenvalue weighted by Gasteiger charge is 2.24. The second kappa shape index (κ2) is 11.4. The molecule has 0 saturated carbocycles. The number of nitrogens with one attached hydrogen (secondary N) is 3. The number of ether oxygens (including phenoxy) is 1. The fraction of sp³-hybridized carbons (Fsp3) is 0.462. The molecule has 2 aromatic rings. The fourth-order valence-electron chi connectivity index (χ4n) is 3.08. The van der Waals surface area contributed by atoms with Crippen molar-refractivity contribution in [1.82, 2.24) is 10.6 Å². The Morgan fingerprint density at radius 3 is 2.06 bits per heavy atom. The van der Waals surface area contributed by atoms with E-state index < -0.39 is 15.4 Å². The molecule has 0 aromatic heterocycles. The zero-order valence-electron chi connectivity index (χ0n) is 21.6. The van der Waals surface area contributed by atoms with Crippen LogP contribution >= 0.6 is 12.2 Å². The summed E-state index contributed by atoms with van der Waals surface area (Å²) in [6.45, 7) is 13.1. The van der Waals surface area contributed by atoms with E-state index in [1.54, 1.807) is 12.1 Å². The Kier molecular flexibility index (Phi) is 9.30. The van der Waals surface area contributed by atoms with Gasteiger partial charge in [0.1, 0.15) is 6.61 Å². The van der Waals surface area contributed by atoms with Gasteiger partial charge in [0.2, 0.25) is 10.0 Å². The van der Waals surface area contributed by atoms with Crippen molar-refractivity contribution in [3.63, 3.8) is 0 Å². The van der Waals surface area contributed by atoms with E-state index in [9.17, 15) is 13.2 Å². The molecule has 0 aliphatic carbocycles. The zero-order chi connectivity index (χ0) is 26.4. The molecule has 7 nitrogen and oxygen atoms in total. The number of thiocarbonyl (C=S) groups is 1.